The second kappa shape index (κ2) is 11.4. The number of nitrogens with one attached hydrogen (secondary N) is 1. The summed E-state index contributed by atoms with van der Waals surface area (Å²) in [4.78, 5) is 12.3. The summed E-state index contributed by atoms with van der Waals surface area (Å²) in [5.41, 5.74) is 3.38. The molecule has 6 heteroatoms. The standard InChI is InChI=1S/C27H27NO5/c1-30-23-7-5-6-21(18-23)24(29)14-15-28-22-12-10-19(11-13-22)8-9-20-16-25(31-2)27(33-4)26(17-20)32-3/h5-18,28H,1-4H3/b9-8-,15-14-. The van der Waals surface area contributed by atoms with Gasteiger partial charge in [0.15, 0.2) is 17.3 Å². The molecule has 1 N–H and O–H groups in total. The Balaban J connectivity index is 1.64. The van der Waals surface area contributed by atoms with E-state index in [1.165, 1.54) is 6.08 Å². The molecule has 0 amide bonds. The summed E-state index contributed by atoms with van der Waals surface area (Å²) < 4.78 is 21.3. The molecule has 0 saturated carbocycles. The van der Waals surface area contributed by atoms with Gasteiger partial charge in [0.25, 0.3) is 0 Å². The minimum absolute atomic E-state index is 0.105. The van der Waals surface area contributed by atoms with Gasteiger partial charge in [-0.2, -0.15) is 0 Å². The van der Waals surface area contributed by atoms with Gasteiger partial charge in [0, 0.05) is 23.5 Å². The van der Waals surface area contributed by atoms with E-state index >= 15 is 0 Å². The molecule has 3 aromatic rings. The number of carbonyl (C=O) groups excluding carboxylic acids is 1. The molecule has 0 atom stereocenters. The second-order valence-electron chi connectivity index (χ2n) is 6.99. The number of anilines is 1. The maximum Gasteiger partial charge on any atom is 0.203 e. The molecule has 0 heterocycles. The smallest absolute Gasteiger partial charge is 0.203 e. The van der Waals surface area contributed by atoms with Gasteiger partial charge >= 0.3 is 0 Å². The summed E-state index contributed by atoms with van der Waals surface area (Å²) in [6.45, 7) is 0. The molecule has 0 bridgehead atoms. The highest BCUT2D eigenvalue weighted by molar-refractivity contribution is 6.04. The van der Waals surface area contributed by atoms with Crippen LogP contribution in [0.3, 0.4) is 0 Å². The van der Waals surface area contributed by atoms with E-state index in [0.717, 1.165) is 16.8 Å². The van der Waals surface area contributed by atoms with E-state index in [1.54, 1.807) is 58.9 Å². The van der Waals surface area contributed by atoms with Gasteiger partial charge in [0.1, 0.15) is 5.75 Å². The summed E-state index contributed by atoms with van der Waals surface area (Å²) in [6, 6.07) is 18.7. The molecule has 170 valence electrons. The van der Waals surface area contributed by atoms with Crippen LogP contribution in [0.4, 0.5) is 5.69 Å². The molecule has 33 heavy (non-hydrogen) atoms. The fourth-order valence-electron chi connectivity index (χ4n) is 3.17. The summed E-state index contributed by atoms with van der Waals surface area (Å²) in [5, 5.41) is 3.11. The molecule has 0 saturated heterocycles. The van der Waals surface area contributed by atoms with Crippen molar-refractivity contribution in [1.29, 1.82) is 0 Å². The highest BCUT2D eigenvalue weighted by Crippen LogP contribution is 2.38. The fraction of sp³-hybridized carbons (Fsp3) is 0.148. The largest absolute Gasteiger partial charge is 0.497 e. The predicted octanol–water partition coefficient (Wildman–Crippen LogP) is 5.70. The summed E-state index contributed by atoms with van der Waals surface area (Å²) >= 11 is 0. The van der Waals surface area contributed by atoms with Gasteiger partial charge < -0.3 is 24.3 Å². The minimum atomic E-state index is -0.105. The number of ketones is 1. The van der Waals surface area contributed by atoms with Crippen molar-refractivity contribution >= 4 is 23.6 Å². The molecule has 6 nitrogen and oxygen atoms in total. The molecule has 0 fully saturated rings. The van der Waals surface area contributed by atoms with E-state index in [4.69, 9.17) is 18.9 Å². The number of carbonyl (C=O) groups is 1. The average Bonchev–Trinajstić information content (AvgIpc) is 2.87. The fourth-order valence-corrected chi connectivity index (χ4v) is 3.17. The van der Waals surface area contributed by atoms with Gasteiger partial charge in [0.05, 0.1) is 28.4 Å². The van der Waals surface area contributed by atoms with Crippen molar-refractivity contribution < 1.29 is 23.7 Å². The van der Waals surface area contributed by atoms with E-state index in [1.807, 2.05) is 48.6 Å². The van der Waals surface area contributed by atoms with Crippen LogP contribution in [-0.2, 0) is 0 Å². The molecule has 3 rings (SSSR count). The van der Waals surface area contributed by atoms with Crippen LogP contribution in [0.15, 0.2) is 72.9 Å². The first-order chi connectivity index (χ1) is 16.1. The molecule has 0 radical (unpaired) electrons. The van der Waals surface area contributed by atoms with Gasteiger partial charge in [-0.1, -0.05) is 36.4 Å². The van der Waals surface area contributed by atoms with Gasteiger partial charge in [-0.05, 0) is 47.5 Å². The highest BCUT2D eigenvalue weighted by Gasteiger charge is 2.12. The van der Waals surface area contributed by atoms with Crippen LogP contribution in [0, 0.1) is 0 Å². The highest BCUT2D eigenvalue weighted by atomic mass is 16.5. The van der Waals surface area contributed by atoms with E-state index in [9.17, 15) is 4.79 Å². The maximum absolute atomic E-state index is 12.3. The van der Waals surface area contributed by atoms with Crippen LogP contribution < -0.4 is 24.3 Å². The zero-order valence-corrected chi connectivity index (χ0v) is 19.1. The number of allylic oxidation sites excluding steroid dienone is 1. The third kappa shape index (κ3) is 6.17. The predicted molar refractivity (Wildman–Crippen MR) is 132 cm³/mol. The number of ether oxygens (including phenoxy) is 4. The quantitative estimate of drug-likeness (QED) is 0.245. The van der Waals surface area contributed by atoms with Crippen molar-refractivity contribution in [1.82, 2.24) is 0 Å². The van der Waals surface area contributed by atoms with Crippen molar-refractivity contribution in [2.24, 2.45) is 0 Å². The Hall–Kier alpha value is -4.19. The Morgan fingerprint density at radius 2 is 1.42 bits per heavy atom. The molecule has 0 aromatic heterocycles. The summed E-state index contributed by atoms with van der Waals surface area (Å²) in [7, 11) is 6.34. The zero-order chi connectivity index (χ0) is 23.6. The second-order valence-corrected chi connectivity index (χ2v) is 6.99. The van der Waals surface area contributed by atoms with Crippen molar-refractivity contribution in [3.63, 3.8) is 0 Å². The lowest BCUT2D eigenvalue weighted by Crippen LogP contribution is -1.97. The molecule has 0 aliphatic heterocycles. The molecular weight excluding hydrogens is 418 g/mol. The van der Waals surface area contributed by atoms with Gasteiger partial charge in [-0.25, -0.2) is 0 Å². The lowest BCUT2D eigenvalue weighted by molar-refractivity contribution is 0.104. The Kier molecular flexibility index (Phi) is 8.13. The Labute approximate surface area is 194 Å². The van der Waals surface area contributed by atoms with E-state index in [2.05, 4.69) is 5.32 Å². The van der Waals surface area contributed by atoms with Crippen LogP contribution in [0.5, 0.6) is 23.0 Å². The Morgan fingerprint density at radius 3 is 2.03 bits per heavy atom. The molecular formula is C27H27NO5. The lowest BCUT2D eigenvalue weighted by Gasteiger charge is -2.12. The Bertz CT molecular complexity index is 1120. The zero-order valence-electron chi connectivity index (χ0n) is 19.1. The molecule has 0 aliphatic rings. The SMILES string of the molecule is COc1cccc(C(=O)/C=C\Nc2ccc(/C=C\c3cc(OC)c(OC)c(OC)c3)cc2)c1. The van der Waals surface area contributed by atoms with Gasteiger partial charge in [-0.3, -0.25) is 4.79 Å². The van der Waals surface area contributed by atoms with Crippen molar-refractivity contribution in [3.8, 4) is 23.0 Å². The van der Waals surface area contributed by atoms with E-state index < -0.39 is 0 Å². The first kappa shape index (κ1) is 23.5. The van der Waals surface area contributed by atoms with Crippen molar-refractivity contribution in [2.75, 3.05) is 33.8 Å². The van der Waals surface area contributed by atoms with Crippen molar-refractivity contribution in [3.05, 3.63) is 89.6 Å². The monoisotopic (exact) mass is 445 g/mol. The van der Waals surface area contributed by atoms with E-state index in [0.29, 0.717) is 28.6 Å². The number of methoxy groups -OCH3 is 4. The molecule has 0 unspecified atom stereocenters. The van der Waals surface area contributed by atoms with Crippen molar-refractivity contribution in [2.45, 2.75) is 0 Å². The molecule has 0 aliphatic carbocycles. The molecule has 0 spiro atoms. The minimum Gasteiger partial charge on any atom is -0.497 e. The third-order valence-corrected chi connectivity index (χ3v) is 4.90. The van der Waals surface area contributed by atoms with Crippen LogP contribution in [0.2, 0.25) is 0 Å². The van der Waals surface area contributed by atoms with Gasteiger partial charge in [-0.15, -0.1) is 0 Å². The Morgan fingerprint density at radius 1 is 0.758 bits per heavy atom. The van der Waals surface area contributed by atoms with Gasteiger partial charge in [0.2, 0.25) is 5.75 Å². The lowest BCUT2D eigenvalue weighted by atomic mass is 10.1. The summed E-state index contributed by atoms with van der Waals surface area (Å²) in [5.74, 6) is 2.31. The maximum atomic E-state index is 12.3. The topological polar surface area (TPSA) is 66.0 Å². The number of rotatable bonds is 10. The van der Waals surface area contributed by atoms with Crippen LogP contribution in [-0.4, -0.2) is 34.2 Å². The number of hydrogen-bond acceptors (Lipinski definition) is 6. The first-order valence-corrected chi connectivity index (χ1v) is 10.3. The van der Waals surface area contributed by atoms with Crippen LogP contribution >= 0.6 is 0 Å². The first-order valence-electron chi connectivity index (χ1n) is 10.3. The van der Waals surface area contributed by atoms with Crippen LogP contribution in [0.1, 0.15) is 21.5 Å². The van der Waals surface area contributed by atoms with E-state index in [-0.39, 0.29) is 5.78 Å². The number of benzene rings is 3. The molecule has 3 aromatic carbocycles. The number of hydrogen-bond donors (Lipinski definition) is 1. The average molecular weight is 446 g/mol. The third-order valence-electron chi connectivity index (χ3n) is 4.90. The summed E-state index contributed by atoms with van der Waals surface area (Å²) in [6.07, 6.45) is 7.09. The normalized spacial score (nSPS) is 10.9. The van der Waals surface area contributed by atoms with Crippen LogP contribution in [0.25, 0.3) is 12.2 Å².